The number of piperazine rings is 1. The Labute approximate surface area is 176 Å². The van der Waals surface area contributed by atoms with E-state index in [9.17, 15) is 18.0 Å². The van der Waals surface area contributed by atoms with Crippen LogP contribution in [0.2, 0.25) is 0 Å². The molecule has 1 aliphatic heterocycles. The summed E-state index contributed by atoms with van der Waals surface area (Å²) in [5, 5.41) is 2.79. The van der Waals surface area contributed by atoms with Gasteiger partial charge in [0.2, 0.25) is 15.9 Å². The smallest absolute Gasteiger partial charge is 0.255 e. The highest BCUT2D eigenvalue weighted by molar-refractivity contribution is 7.89. The van der Waals surface area contributed by atoms with Gasteiger partial charge in [-0.25, -0.2) is 13.4 Å². The van der Waals surface area contributed by atoms with Gasteiger partial charge in [0.15, 0.2) is 5.82 Å². The van der Waals surface area contributed by atoms with E-state index in [2.05, 4.69) is 10.3 Å². The monoisotopic (exact) mass is 431 g/mol. The average molecular weight is 432 g/mol. The molecule has 0 atom stereocenters. The molecular formula is C20H25N5O4S. The minimum absolute atomic E-state index is 0.0467. The van der Waals surface area contributed by atoms with Crippen LogP contribution in [-0.4, -0.2) is 74.7 Å². The first kappa shape index (κ1) is 21.7. The van der Waals surface area contributed by atoms with E-state index < -0.39 is 15.9 Å². The number of hydrogen-bond acceptors (Lipinski definition) is 6. The highest BCUT2D eigenvalue weighted by atomic mass is 32.2. The van der Waals surface area contributed by atoms with Crippen LogP contribution in [0.3, 0.4) is 0 Å². The van der Waals surface area contributed by atoms with Gasteiger partial charge in [-0.05, 0) is 30.3 Å². The first-order valence-corrected chi connectivity index (χ1v) is 10.9. The molecule has 1 saturated heterocycles. The third-order valence-corrected chi connectivity index (χ3v) is 6.77. The van der Waals surface area contributed by atoms with Crippen molar-refractivity contribution in [2.45, 2.75) is 11.8 Å². The number of sulfonamides is 1. The van der Waals surface area contributed by atoms with Gasteiger partial charge >= 0.3 is 0 Å². The predicted octanol–water partition coefficient (Wildman–Crippen LogP) is 1.25. The van der Waals surface area contributed by atoms with E-state index in [0.717, 1.165) is 0 Å². The van der Waals surface area contributed by atoms with Crippen LogP contribution in [0.1, 0.15) is 17.3 Å². The molecule has 0 bridgehead atoms. The third-order valence-electron chi connectivity index (χ3n) is 4.88. The summed E-state index contributed by atoms with van der Waals surface area (Å²) in [6, 6.07) is 9.39. The molecule has 30 heavy (non-hydrogen) atoms. The molecule has 1 aliphatic rings. The zero-order valence-electron chi connectivity index (χ0n) is 17.2. The lowest BCUT2D eigenvalue weighted by Crippen LogP contribution is -2.49. The summed E-state index contributed by atoms with van der Waals surface area (Å²) in [6.45, 7) is 2.61. The molecule has 1 fully saturated rings. The lowest BCUT2D eigenvalue weighted by Gasteiger charge is -2.33. The van der Waals surface area contributed by atoms with Crippen LogP contribution in [0, 0.1) is 0 Å². The molecule has 2 heterocycles. The van der Waals surface area contributed by atoms with Crippen molar-refractivity contribution in [3.8, 4) is 0 Å². The summed E-state index contributed by atoms with van der Waals surface area (Å²) < 4.78 is 27.4. The molecule has 3 rings (SSSR count). The lowest BCUT2D eigenvalue weighted by atomic mass is 10.2. The Kier molecular flexibility index (Phi) is 6.37. The van der Waals surface area contributed by atoms with Gasteiger partial charge in [0.25, 0.3) is 5.91 Å². The maximum Gasteiger partial charge on any atom is 0.255 e. The van der Waals surface area contributed by atoms with E-state index >= 15 is 0 Å². The number of rotatable bonds is 5. The second-order valence-corrected chi connectivity index (χ2v) is 9.10. The molecule has 0 saturated carbocycles. The fraction of sp³-hybridized carbons (Fsp3) is 0.350. The Morgan fingerprint density at radius 1 is 1.07 bits per heavy atom. The lowest BCUT2D eigenvalue weighted by molar-refractivity contribution is -0.129. The van der Waals surface area contributed by atoms with Gasteiger partial charge in [0, 0.05) is 59.0 Å². The number of anilines is 2. The predicted molar refractivity (Wildman–Crippen MR) is 114 cm³/mol. The molecule has 0 aliphatic carbocycles. The number of aromatic nitrogens is 1. The number of carbonyl (C=O) groups is 2. The Morgan fingerprint density at radius 3 is 2.40 bits per heavy atom. The second kappa shape index (κ2) is 8.80. The zero-order valence-corrected chi connectivity index (χ0v) is 18.0. The number of pyridine rings is 1. The molecule has 0 radical (unpaired) electrons. The Bertz CT molecular complexity index is 1050. The minimum Gasteiger partial charge on any atom is -0.361 e. The van der Waals surface area contributed by atoms with Crippen molar-refractivity contribution < 1.29 is 18.0 Å². The van der Waals surface area contributed by atoms with E-state index in [-0.39, 0.29) is 29.5 Å². The van der Waals surface area contributed by atoms with Crippen LogP contribution < -0.4 is 10.2 Å². The summed E-state index contributed by atoms with van der Waals surface area (Å²) in [5.41, 5.74) is 0.758. The van der Waals surface area contributed by atoms with E-state index in [4.69, 9.17) is 0 Å². The Hall–Kier alpha value is -2.98. The summed E-state index contributed by atoms with van der Waals surface area (Å²) in [5.74, 6) is 0.0979. The molecule has 1 aromatic heterocycles. The molecule has 0 unspecified atom stereocenters. The number of nitrogens with zero attached hydrogens (tertiary/aromatic N) is 4. The van der Waals surface area contributed by atoms with Gasteiger partial charge < -0.3 is 15.1 Å². The number of nitrogens with one attached hydrogen (secondary N) is 1. The number of amides is 2. The maximum atomic E-state index is 13.0. The standard InChI is InChI=1S/C20H25N5O4S/c1-15(26)24-10-12-25(13-11-24)30(28,29)17-7-4-6-16(14-17)20(27)22-18-8-5-9-21-19(18)23(2)3/h4-9,14H,10-13H2,1-3H3,(H,22,27). The van der Waals surface area contributed by atoms with Crippen molar-refractivity contribution in [2.24, 2.45) is 0 Å². The second-order valence-electron chi connectivity index (χ2n) is 7.16. The van der Waals surface area contributed by atoms with Crippen LogP contribution in [0.4, 0.5) is 11.5 Å². The van der Waals surface area contributed by atoms with Gasteiger partial charge in [-0.2, -0.15) is 4.31 Å². The molecule has 1 N–H and O–H groups in total. The summed E-state index contributed by atoms with van der Waals surface area (Å²) >= 11 is 0. The summed E-state index contributed by atoms with van der Waals surface area (Å²) in [6.07, 6.45) is 1.63. The molecule has 9 nitrogen and oxygen atoms in total. The van der Waals surface area contributed by atoms with Gasteiger partial charge in [-0.15, -0.1) is 0 Å². The Morgan fingerprint density at radius 2 is 1.77 bits per heavy atom. The fourth-order valence-electron chi connectivity index (χ4n) is 3.24. The largest absolute Gasteiger partial charge is 0.361 e. The van der Waals surface area contributed by atoms with Crippen LogP contribution in [0.15, 0.2) is 47.5 Å². The maximum absolute atomic E-state index is 13.0. The summed E-state index contributed by atoms with van der Waals surface area (Å²) in [7, 11) is -0.134. The van der Waals surface area contributed by atoms with Gasteiger partial charge in [-0.1, -0.05) is 6.07 Å². The van der Waals surface area contributed by atoms with E-state index in [1.807, 2.05) is 14.1 Å². The average Bonchev–Trinajstić information content (AvgIpc) is 2.74. The third kappa shape index (κ3) is 4.60. The van der Waals surface area contributed by atoms with Crippen LogP contribution >= 0.6 is 0 Å². The van der Waals surface area contributed by atoms with Crippen LogP contribution in [0.25, 0.3) is 0 Å². The topological polar surface area (TPSA) is 103 Å². The van der Waals surface area contributed by atoms with Gasteiger partial charge in [0.1, 0.15) is 0 Å². The number of carbonyl (C=O) groups excluding carboxylic acids is 2. The summed E-state index contributed by atoms with van der Waals surface area (Å²) in [4.78, 5) is 31.9. The molecule has 2 amide bonds. The van der Waals surface area contributed by atoms with Crippen LogP contribution in [-0.2, 0) is 14.8 Å². The highest BCUT2D eigenvalue weighted by Crippen LogP contribution is 2.23. The normalized spacial score (nSPS) is 15.0. The fourth-order valence-corrected chi connectivity index (χ4v) is 4.70. The van der Waals surface area contributed by atoms with Crippen molar-refractivity contribution in [2.75, 3.05) is 50.5 Å². The van der Waals surface area contributed by atoms with Crippen molar-refractivity contribution in [3.63, 3.8) is 0 Å². The van der Waals surface area contributed by atoms with E-state index in [1.54, 1.807) is 40.3 Å². The molecule has 160 valence electrons. The number of hydrogen-bond donors (Lipinski definition) is 1. The molecule has 1 aromatic carbocycles. The molecule has 10 heteroatoms. The van der Waals surface area contributed by atoms with Crippen molar-refractivity contribution in [1.82, 2.24) is 14.2 Å². The van der Waals surface area contributed by atoms with Gasteiger partial charge in [-0.3, -0.25) is 9.59 Å². The van der Waals surface area contributed by atoms with E-state index in [1.165, 1.54) is 23.4 Å². The van der Waals surface area contributed by atoms with Crippen molar-refractivity contribution in [1.29, 1.82) is 0 Å². The van der Waals surface area contributed by atoms with Crippen molar-refractivity contribution >= 4 is 33.3 Å². The zero-order chi connectivity index (χ0) is 21.9. The SMILES string of the molecule is CC(=O)N1CCN(S(=O)(=O)c2cccc(C(=O)Nc3cccnc3N(C)C)c2)CC1. The number of benzene rings is 1. The van der Waals surface area contributed by atoms with E-state index in [0.29, 0.717) is 24.6 Å². The van der Waals surface area contributed by atoms with Crippen molar-refractivity contribution in [3.05, 3.63) is 48.2 Å². The van der Waals surface area contributed by atoms with Crippen LogP contribution in [0.5, 0.6) is 0 Å². The quantitative estimate of drug-likeness (QED) is 0.764. The molecule has 0 spiro atoms. The molecule has 2 aromatic rings. The first-order chi connectivity index (χ1) is 14.2. The highest BCUT2D eigenvalue weighted by Gasteiger charge is 2.29. The first-order valence-electron chi connectivity index (χ1n) is 9.49. The minimum atomic E-state index is -3.77. The van der Waals surface area contributed by atoms with Gasteiger partial charge in [0.05, 0.1) is 10.6 Å². The molecular weight excluding hydrogens is 406 g/mol. The Balaban J connectivity index is 1.79.